The van der Waals surface area contributed by atoms with Gasteiger partial charge in [-0.15, -0.1) is 0 Å². The quantitative estimate of drug-likeness (QED) is 0.842. The number of nitrogens with zero attached hydrogens (tertiary/aromatic N) is 1. The molecule has 0 atom stereocenters. The summed E-state index contributed by atoms with van der Waals surface area (Å²) in [6.07, 6.45) is 1.20. The second-order valence-electron chi connectivity index (χ2n) is 8.36. The van der Waals surface area contributed by atoms with Crippen molar-refractivity contribution in [3.63, 3.8) is 0 Å². The van der Waals surface area contributed by atoms with E-state index in [1.165, 1.54) is 18.2 Å². The maximum Gasteiger partial charge on any atom is 0.253 e. The van der Waals surface area contributed by atoms with E-state index >= 15 is 0 Å². The Morgan fingerprint density at radius 3 is 2.36 bits per heavy atom. The number of rotatable bonds is 3. The summed E-state index contributed by atoms with van der Waals surface area (Å²) < 4.78 is 13.4. The first kappa shape index (κ1) is 20.1. The fourth-order valence-electron chi connectivity index (χ4n) is 3.63. The van der Waals surface area contributed by atoms with Crippen LogP contribution in [0.1, 0.15) is 49.5 Å². The highest BCUT2D eigenvalue weighted by atomic mass is 19.1. The molecule has 0 aromatic heterocycles. The Morgan fingerprint density at radius 2 is 1.71 bits per heavy atom. The Morgan fingerprint density at radius 1 is 1.04 bits per heavy atom. The van der Waals surface area contributed by atoms with Gasteiger partial charge >= 0.3 is 0 Å². The summed E-state index contributed by atoms with van der Waals surface area (Å²) in [4.78, 5) is 27.0. The van der Waals surface area contributed by atoms with Crippen LogP contribution in [0.3, 0.4) is 0 Å². The van der Waals surface area contributed by atoms with E-state index in [1.54, 1.807) is 11.0 Å². The smallest absolute Gasteiger partial charge is 0.253 e. The second kappa shape index (κ2) is 8.13. The van der Waals surface area contributed by atoms with Crippen LogP contribution in [0.2, 0.25) is 0 Å². The molecule has 0 spiro atoms. The molecule has 148 valence electrons. The van der Waals surface area contributed by atoms with Crippen LogP contribution in [0.4, 0.5) is 10.1 Å². The molecule has 0 radical (unpaired) electrons. The molecule has 1 heterocycles. The molecule has 1 aliphatic rings. The number of hydrogen-bond acceptors (Lipinski definition) is 2. The van der Waals surface area contributed by atoms with E-state index in [0.29, 0.717) is 31.5 Å². The number of benzene rings is 2. The normalized spacial score (nSPS) is 15.4. The summed E-state index contributed by atoms with van der Waals surface area (Å²) in [6, 6.07) is 13.6. The molecule has 0 saturated carbocycles. The van der Waals surface area contributed by atoms with Crippen LogP contribution < -0.4 is 5.32 Å². The number of carbonyl (C=O) groups is 2. The summed E-state index contributed by atoms with van der Waals surface area (Å²) in [5, 5.41) is 3.08. The van der Waals surface area contributed by atoms with Crippen molar-refractivity contribution in [1.82, 2.24) is 4.90 Å². The van der Waals surface area contributed by atoms with E-state index in [9.17, 15) is 14.0 Å². The molecular formula is C23H27FN2O2. The Kier molecular flexibility index (Phi) is 5.82. The first-order chi connectivity index (χ1) is 13.3. The zero-order valence-electron chi connectivity index (χ0n) is 16.7. The van der Waals surface area contributed by atoms with Crippen LogP contribution in [0.25, 0.3) is 0 Å². The minimum absolute atomic E-state index is 0.00504. The topological polar surface area (TPSA) is 49.4 Å². The number of halogens is 1. The average Bonchev–Trinajstić information content (AvgIpc) is 2.67. The van der Waals surface area contributed by atoms with E-state index in [1.807, 2.05) is 24.3 Å². The van der Waals surface area contributed by atoms with Gasteiger partial charge in [0.2, 0.25) is 5.91 Å². The van der Waals surface area contributed by atoms with Gasteiger partial charge < -0.3 is 10.2 Å². The fraction of sp³-hybridized carbons (Fsp3) is 0.391. The van der Waals surface area contributed by atoms with Gasteiger partial charge in [0.05, 0.1) is 0 Å². The first-order valence-corrected chi connectivity index (χ1v) is 9.71. The van der Waals surface area contributed by atoms with E-state index in [2.05, 4.69) is 26.1 Å². The van der Waals surface area contributed by atoms with E-state index in [-0.39, 0.29) is 23.1 Å². The second-order valence-corrected chi connectivity index (χ2v) is 8.36. The van der Waals surface area contributed by atoms with Gasteiger partial charge in [-0.2, -0.15) is 0 Å². The Hall–Kier alpha value is -2.69. The van der Waals surface area contributed by atoms with Crippen molar-refractivity contribution in [2.24, 2.45) is 5.92 Å². The third kappa shape index (κ3) is 4.58. The molecule has 0 bridgehead atoms. The fourth-order valence-corrected chi connectivity index (χ4v) is 3.63. The van der Waals surface area contributed by atoms with Gasteiger partial charge in [-0.05, 0) is 48.1 Å². The number of amides is 2. The molecule has 4 nitrogen and oxygen atoms in total. The van der Waals surface area contributed by atoms with Gasteiger partial charge in [-0.25, -0.2) is 4.39 Å². The number of piperidine rings is 1. The van der Waals surface area contributed by atoms with Crippen LogP contribution in [-0.2, 0) is 10.2 Å². The van der Waals surface area contributed by atoms with Crippen molar-refractivity contribution in [3.05, 3.63) is 65.5 Å². The molecule has 1 fully saturated rings. The first-order valence-electron chi connectivity index (χ1n) is 9.71. The Bertz CT molecular complexity index is 865. The lowest BCUT2D eigenvalue weighted by molar-refractivity contribution is -0.121. The third-order valence-electron chi connectivity index (χ3n) is 5.22. The lowest BCUT2D eigenvalue weighted by Gasteiger charge is -2.32. The molecule has 1 aliphatic heterocycles. The van der Waals surface area contributed by atoms with Crippen molar-refractivity contribution in [2.45, 2.75) is 39.0 Å². The van der Waals surface area contributed by atoms with Crippen molar-refractivity contribution >= 4 is 17.5 Å². The summed E-state index contributed by atoms with van der Waals surface area (Å²) in [7, 11) is 0. The van der Waals surface area contributed by atoms with Crippen molar-refractivity contribution < 1.29 is 14.0 Å². The van der Waals surface area contributed by atoms with Crippen molar-refractivity contribution in [3.8, 4) is 0 Å². The molecule has 2 aromatic rings. The summed E-state index contributed by atoms with van der Waals surface area (Å²) >= 11 is 0. The lowest BCUT2D eigenvalue weighted by atomic mass is 9.85. The van der Waals surface area contributed by atoms with Crippen molar-refractivity contribution in [1.29, 1.82) is 0 Å². The SMILES string of the molecule is CC(C)(C)c1ccccc1NC(=O)C1CCN(C(=O)c2cccc(F)c2)CC1. The Balaban J connectivity index is 1.61. The number of hydrogen-bond donors (Lipinski definition) is 1. The average molecular weight is 382 g/mol. The molecule has 1 N–H and O–H groups in total. The van der Waals surface area contributed by atoms with E-state index < -0.39 is 5.82 Å². The van der Waals surface area contributed by atoms with Gasteiger partial charge in [0.15, 0.2) is 0 Å². The largest absolute Gasteiger partial charge is 0.339 e. The van der Waals surface area contributed by atoms with Crippen LogP contribution in [0.15, 0.2) is 48.5 Å². The van der Waals surface area contributed by atoms with Gasteiger partial charge in [0, 0.05) is 30.3 Å². The summed E-state index contributed by atoms with van der Waals surface area (Å²) in [5.41, 5.74) is 2.23. The number of anilines is 1. The molecule has 2 amide bonds. The number of likely N-dealkylation sites (tertiary alicyclic amines) is 1. The van der Waals surface area contributed by atoms with Gasteiger partial charge in [-0.1, -0.05) is 45.0 Å². The number of para-hydroxylation sites is 1. The van der Waals surface area contributed by atoms with Gasteiger partial charge in [0.25, 0.3) is 5.91 Å². The number of carbonyl (C=O) groups excluding carboxylic acids is 2. The molecule has 3 rings (SSSR count). The summed E-state index contributed by atoms with van der Waals surface area (Å²) in [5.74, 6) is -0.742. The maximum absolute atomic E-state index is 13.4. The molecule has 28 heavy (non-hydrogen) atoms. The monoisotopic (exact) mass is 382 g/mol. The molecule has 0 unspecified atom stereocenters. The lowest BCUT2D eigenvalue weighted by Crippen LogP contribution is -2.41. The predicted molar refractivity (Wildman–Crippen MR) is 109 cm³/mol. The minimum Gasteiger partial charge on any atom is -0.339 e. The van der Waals surface area contributed by atoms with Crippen LogP contribution >= 0.6 is 0 Å². The molecule has 1 saturated heterocycles. The highest BCUT2D eigenvalue weighted by Crippen LogP contribution is 2.30. The minimum atomic E-state index is -0.419. The van der Waals surface area contributed by atoms with Crippen LogP contribution in [-0.4, -0.2) is 29.8 Å². The Labute approximate surface area is 165 Å². The maximum atomic E-state index is 13.4. The zero-order valence-corrected chi connectivity index (χ0v) is 16.7. The highest BCUT2D eigenvalue weighted by Gasteiger charge is 2.29. The van der Waals surface area contributed by atoms with E-state index in [4.69, 9.17) is 0 Å². The predicted octanol–water partition coefficient (Wildman–Crippen LogP) is 4.61. The molecule has 0 aliphatic carbocycles. The van der Waals surface area contributed by atoms with Gasteiger partial charge in [-0.3, -0.25) is 9.59 Å². The third-order valence-corrected chi connectivity index (χ3v) is 5.22. The zero-order chi connectivity index (χ0) is 20.3. The summed E-state index contributed by atoms with van der Waals surface area (Å²) in [6.45, 7) is 7.35. The van der Waals surface area contributed by atoms with Crippen LogP contribution in [0.5, 0.6) is 0 Å². The van der Waals surface area contributed by atoms with Crippen molar-refractivity contribution in [2.75, 3.05) is 18.4 Å². The van der Waals surface area contributed by atoms with E-state index in [0.717, 1.165) is 11.3 Å². The molecule has 2 aromatic carbocycles. The highest BCUT2D eigenvalue weighted by molar-refractivity contribution is 5.95. The van der Waals surface area contributed by atoms with Crippen LogP contribution in [0, 0.1) is 11.7 Å². The number of nitrogens with one attached hydrogen (secondary N) is 1. The van der Waals surface area contributed by atoms with Gasteiger partial charge in [0.1, 0.15) is 5.82 Å². The standard InChI is InChI=1S/C23H27FN2O2/c1-23(2,3)19-9-4-5-10-20(19)25-21(27)16-11-13-26(14-12-16)22(28)17-7-6-8-18(24)15-17/h4-10,15-16H,11-14H2,1-3H3,(H,25,27). The molecule has 5 heteroatoms. The molecular weight excluding hydrogens is 355 g/mol.